The standard InChI is InChI=1S/C14H10F3N5OS/c15-14(16,17)9-1-3-10(4-2-9)22-6-5-21(8-12(22)23)13-20-19-11(7-18)24-13/h1-4H,5-6,8H2. The number of hydrogen-bond acceptors (Lipinski definition) is 6. The predicted octanol–water partition coefficient (Wildman–Crippen LogP) is 2.28. The maximum Gasteiger partial charge on any atom is 0.416 e. The molecular weight excluding hydrogens is 343 g/mol. The summed E-state index contributed by atoms with van der Waals surface area (Å²) in [5.41, 5.74) is -0.335. The van der Waals surface area contributed by atoms with Crippen molar-refractivity contribution >= 4 is 28.1 Å². The minimum atomic E-state index is -4.41. The molecule has 0 bridgehead atoms. The van der Waals surface area contributed by atoms with Crippen LogP contribution in [0.25, 0.3) is 0 Å². The second-order valence-corrected chi connectivity index (χ2v) is 5.97. The molecule has 24 heavy (non-hydrogen) atoms. The zero-order valence-corrected chi connectivity index (χ0v) is 12.9. The molecule has 2 aromatic rings. The molecule has 6 nitrogen and oxygen atoms in total. The molecule has 1 aromatic carbocycles. The number of carbonyl (C=O) groups is 1. The molecule has 1 aliphatic heterocycles. The highest BCUT2D eigenvalue weighted by Gasteiger charge is 2.31. The van der Waals surface area contributed by atoms with Crippen LogP contribution in [0.5, 0.6) is 0 Å². The van der Waals surface area contributed by atoms with Gasteiger partial charge in [0, 0.05) is 18.8 Å². The quantitative estimate of drug-likeness (QED) is 0.828. The number of aromatic nitrogens is 2. The van der Waals surface area contributed by atoms with E-state index >= 15 is 0 Å². The third-order valence-corrected chi connectivity index (χ3v) is 4.40. The van der Waals surface area contributed by atoms with Crippen molar-refractivity contribution in [1.29, 1.82) is 5.26 Å². The van der Waals surface area contributed by atoms with Crippen LogP contribution in [0, 0.1) is 11.3 Å². The highest BCUT2D eigenvalue weighted by atomic mass is 32.1. The Bertz CT molecular complexity index is 796. The number of nitrogens with zero attached hydrogens (tertiary/aromatic N) is 5. The number of alkyl halides is 3. The topological polar surface area (TPSA) is 73.1 Å². The zero-order valence-electron chi connectivity index (χ0n) is 12.1. The van der Waals surface area contributed by atoms with E-state index in [0.717, 1.165) is 23.5 Å². The van der Waals surface area contributed by atoms with Crippen molar-refractivity contribution < 1.29 is 18.0 Å². The highest BCUT2D eigenvalue weighted by Crippen LogP contribution is 2.31. The molecule has 0 radical (unpaired) electrons. The van der Waals surface area contributed by atoms with E-state index in [1.54, 1.807) is 4.90 Å². The molecule has 0 aliphatic carbocycles. The molecule has 1 aromatic heterocycles. The fourth-order valence-corrected chi connectivity index (χ4v) is 3.00. The number of benzene rings is 1. The molecule has 10 heteroatoms. The van der Waals surface area contributed by atoms with Gasteiger partial charge in [-0.3, -0.25) is 4.79 Å². The zero-order chi connectivity index (χ0) is 17.3. The van der Waals surface area contributed by atoms with Crippen molar-refractivity contribution in [3.05, 3.63) is 34.8 Å². The summed E-state index contributed by atoms with van der Waals surface area (Å²) in [6.45, 7) is 0.791. The lowest BCUT2D eigenvalue weighted by Crippen LogP contribution is -2.50. The lowest BCUT2D eigenvalue weighted by atomic mass is 10.1. The average molecular weight is 353 g/mol. The Labute approximate surface area is 138 Å². The van der Waals surface area contributed by atoms with Crippen molar-refractivity contribution in [1.82, 2.24) is 10.2 Å². The van der Waals surface area contributed by atoms with Gasteiger partial charge in [-0.15, -0.1) is 10.2 Å². The Morgan fingerprint density at radius 1 is 1.17 bits per heavy atom. The molecular formula is C14H10F3N5OS. The van der Waals surface area contributed by atoms with Gasteiger partial charge in [0.25, 0.3) is 0 Å². The summed E-state index contributed by atoms with van der Waals surface area (Å²) in [6, 6.07) is 6.37. The van der Waals surface area contributed by atoms with Crippen LogP contribution in [0.4, 0.5) is 24.0 Å². The third kappa shape index (κ3) is 3.16. The molecule has 124 valence electrons. The fraction of sp³-hybridized carbons (Fsp3) is 0.286. The van der Waals surface area contributed by atoms with Gasteiger partial charge in [-0.25, -0.2) is 0 Å². The van der Waals surface area contributed by atoms with Crippen LogP contribution in [0.1, 0.15) is 10.6 Å². The normalized spacial score (nSPS) is 15.5. The lowest BCUT2D eigenvalue weighted by Gasteiger charge is -2.34. The van der Waals surface area contributed by atoms with E-state index < -0.39 is 11.7 Å². The molecule has 2 heterocycles. The van der Waals surface area contributed by atoms with Crippen LogP contribution >= 0.6 is 11.3 Å². The number of halogens is 3. The number of piperazine rings is 1. The largest absolute Gasteiger partial charge is 0.416 e. The molecule has 0 unspecified atom stereocenters. The second-order valence-electron chi connectivity index (χ2n) is 5.01. The van der Waals surface area contributed by atoms with Crippen molar-refractivity contribution in [2.75, 3.05) is 29.4 Å². The molecule has 1 fully saturated rings. The van der Waals surface area contributed by atoms with E-state index in [2.05, 4.69) is 10.2 Å². The van der Waals surface area contributed by atoms with Gasteiger partial charge in [0.1, 0.15) is 6.07 Å². The van der Waals surface area contributed by atoms with Gasteiger partial charge in [0.05, 0.1) is 12.1 Å². The molecule has 0 saturated carbocycles. The Kier molecular flexibility index (Phi) is 4.11. The van der Waals surface area contributed by atoms with Gasteiger partial charge in [-0.2, -0.15) is 18.4 Å². The molecule has 1 aliphatic rings. The summed E-state index contributed by atoms with van der Waals surface area (Å²) in [5.74, 6) is -0.255. The summed E-state index contributed by atoms with van der Waals surface area (Å²) in [6.07, 6.45) is -4.41. The number of amides is 1. The molecule has 0 N–H and O–H groups in total. The first-order chi connectivity index (χ1) is 11.4. The lowest BCUT2D eigenvalue weighted by molar-refractivity contribution is -0.137. The van der Waals surface area contributed by atoms with Gasteiger partial charge < -0.3 is 9.80 Å². The van der Waals surface area contributed by atoms with Gasteiger partial charge in [0.15, 0.2) is 0 Å². The monoisotopic (exact) mass is 353 g/mol. The van der Waals surface area contributed by atoms with Crippen molar-refractivity contribution in [2.24, 2.45) is 0 Å². The van der Waals surface area contributed by atoms with Crippen LogP contribution in [-0.4, -0.2) is 35.7 Å². The second kappa shape index (κ2) is 6.09. The smallest absolute Gasteiger partial charge is 0.336 e. The summed E-state index contributed by atoms with van der Waals surface area (Å²) in [5, 5.41) is 17.0. The Balaban J connectivity index is 1.72. The van der Waals surface area contributed by atoms with E-state index in [9.17, 15) is 18.0 Å². The van der Waals surface area contributed by atoms with Crippen molar-refractivity contribution in [3.8, 4) is 6.07 Å². The van der Waals surface area contributed by atoms with Gasteiger partial charge in [0.2, 0.25) is 16.0 Å². The highest BCUT2D eigenvalue weighted by molar-refractivity contribution is 7.15. The van der Waals surface area contributed by atoms with E-state index in [1.165, 1.54) is 17.0 Å². The number of nitriles is 1. The molecule has 1 saturated heterocycles. The number of carbonyl (C=O) groups excluding carboxylic acids is 1. The van der Waals surface area contributed by atoms with Crippen LogP contribution in [0.15, 0.2) is 24.3 Å². The summed E-state index contributed by atoms with van der Waals surface area (Å²) < 4.78 is 37.8. The Morgan fingerprint density at radius 3 is 2.42 bits per heavy atom. The van der Waals surface area contributed by atoms with E-state index in [0.29, 0.717) is 23.9 Å². The maximum absolute atomic E-state index is 12.6. The number of hydrogen-bond donors (Lipinski definition) is 0. The predicted molar refractivity (Wildman–Crippen MR) is 80.6 cm³/mol. The van der Waals surface area contributed by atoms with Gasteiger partial charge in [-0.05, 0) is 24.3 Å². The molecule has 1 amide bonds. The Hall–Kier alpha value is -2.67. The molecule has 3 rings (SSSR count). The SMILES string of the molecule is N#Cc1nnc(N2CCN(c3ccc(C(F)(F)F)cc3)C(=O)C2)s1. The summed E-state index contributed by atoms with van der Waals surface area (Å²) in [7, 11) is 0. The summed E-state index contributed by atoms with van der Waals surface area (Å²) >= 11 is 1.09. The van der Waals surface area contributed by atoms with Crippen LogP contribution in [0.2, 0.25) is 0 Å². The van der Waals surface area contributed by atoms with Crippen molar-refractivity contribution in [2.45, 2.75) is 6.18 Å². The number of rotatable bonds is 2. The van der Waals surface area contributed by atoms with Gasteiger partial charge >= 0.3 is 6.18 Å². The fourth-order valence-electron chi connectivity index (χ4n) is 2.33. The first-order valence-corrected chi connectivity index (χ1v) is 7.66. The van der Waals surface area contributed by atoms with E-state index in [1.807, 2.05) is 6.07 Å². The first-order valence-electron chi connectivity index (χ1n) is 6.84. The first kappa shape index (κ1) is 16.2. The number of anilines is 2. The van der Waals surface area contributed by atoms with E-state index in [4.69, 9.17) is 5.26 Å². The third-order valence-electron chi connectivity index (χ3n) is 3.51. The average Bonchev–Trinajstić information content (AvgIpc) is 3.03. The van der Waals surface area contributed by atoms with Crippen LogP contribution in [-0.2, 0) is 11.0 Å². The minimum absolute atomic E-state index is 0.0289. The Morgan fingerprint density at radius 2 is 1.88 bits per heavy atom. The maximum atomic E-state index is 12.6. The van der Waals surface area contributed by atoms with Crippen LogP contribution in [0.3, 0.4) is 0 Å². The molecule has 0 spiro atoms. The molecule has 0 atom stereocenters. The van der Waals surface area contributed by atoms with Crippen LogP contribution < -0.4 is 9.80 Å². The summed E-state index contributed by atoms with van der Waals surface area (Å²) in [4.78, 5) is 15.4. The van der Waals surface area contributed by atoms with E-state index in [-0.39, 0.29) is 17.5 Å². The van der Waals surface area contributed by atoms with Gasteiger partial charge in [-0.1, -0.05) is 11.3 Å². The van der Waals surface area contributed by atoms with Crippen molar-refractivity contribution in [3.63, 3.8) is 0 Å². The minimum Gasteiger partial charge on any atom is -0.336 e.